The number of ether oxygens (including phenoxy) is 3. The Kier molecular flexibility index (Phi) is 9.37. The summed E-state index contributed by atoms with van der Waals surface area (Å²) in [5, 5.41) is 3.62. The van der Waals surface area contributed by atoms with Gasteiger partial charge in [0.05, 0.1) is 6.10 Å². The van der Waals surface area contributed by atoms with Crippen molar-refractivity contribution < 1.29 is 14.2 Å². The van der Waals surface area contributed by atoms with Crippen molar-refractivity contribution in [2.24, 2.45) is 4.99 Å². The summed E-state index contributed by atoms with van der Waals surface area (Å²) in [5.74, 6) is 1.03. The van der Waals surface area contributed by atoms with Gasteiger partial charge in [-0.3, -0.25) is 4.99 Å². The number of aliphatic imine (C=N–C) groups is 1. The van der Waals surface area contributed by atoms with Gasteiger partial charge in [0.1, 0.15) is 0 Å². The standard InChI is InChI=1S/C18H35N3O3S/c1-19-17(20-15-18(25-3)7-13-23-14-8-18)21-9-5-16(6-10-21)24-12-4-11-22-2/h16H,4-15H2,1-3H3,(H,19,20). The zero-order valence-electron chi connectivity index (χ0n) is 16.1. The molecule has 0 atom stereocenters. The summed E-state index contributed by atoms with van der Waals surface area (Å²) in [6, 6.07) is 0. The van der Waals surface area contributed by atoms with Gasteiger partial charge < -0.3 is 24.4 Å². The van der Waals surface area contributed by atoms with Crippen molar-refractivity contribution in [2.75, 3.05) is 66.5 Å². The lowest BCUT2D eigenvalue weighted by molar-refractivity contribution is 0.00983. The number of hydrogen-bond acceptors (Lipinski definition) is 5. The maximum Gasteiger partial charge on any atom is 0.193 e. The Labute approximate surface area is 157 Å². The van der Waals surface area contributed by atoms with Crippen molar-refractivity contribution in [2.45, 2.75) is 43.0 Å². The molecule has 2 heterocycles. The first-order chi connectivity index (χ1) is 12.2. The third kappa shape index (κ3) is 6.62. The molecule has 2 aliphatic rings. The predicted molar refractivity (Wildman–Crippen MR) is 105 cm³/mol. The average Bonchev–Trinajstić information content (AvgIpc) is 2.67. The first kappa shape index (κ1) is 20.8. The molecule has 0 aliphatic carbocycles. The van der Waals surface area contributed by atoms with E-state index >= 15 is 0 Å². The third-order valence-electron chi connectivity index (χ3n) is 5.21. The third-order valence-corrected chi connectivity index (χ3v) is 6.62. The van der Waals surface area contributed by atoms with Gasteiger partial charge in [0.15, 0.2) is 5.96 Å². The zero-order valence-corrected chi connectivity index (χ0v) is 16.9. The molecule has 2 fully saturated rings. The predicted octanol–water partition coefficient (Wildman–Crippen LogP) is 1.99. The van der Waals surface area contributed by atoms with Crippen LogP contribution in [0.2, 0.25) is 0 Å². The fraction of sp³-hybridized carbons (Fsp3) is 0.944. The van der Waals surface area contributed by atoms with Crippen LogP contribution < -0.4 is 5.32 Å². The summed E-state index contributed by atoms with van der Waals surface area (Å²) in [7, 11) is 3.62. The molecule has 0 unspecified atom stereocenters. The number of guanidine groups is 1. The lowest BCUT2D eigenvalue weighted by Gasteiger charge is -2.38. The summed E-state index contributed by atoms with van der Waals surface area (Å²) in [5.41, 5.74) is 0. The summed E-state index contributed by atoms with van der Waals surface area (Å²) in [4.78, 5) is 6.87. The average molecular weight is 374 g/mol. The molecule has 0 saturated carbocycles. The maximum atomic E-state index is 5.95. The Hall–Kier alpha value is -0.500. The quantitative estimate of drug-likeness (QED) is 0.399. The van der Waals surface area contributed by atoms with Crippen molar-refractivity contribution in [1.82, 2.24) is 10.2 Å². The Balaban J connectivity index is 1.72. The van der Waals surface area contributed by atoms with Crippen LogP contribution in [0, 0.1) is 0 Å². The minimum absolute atomic E-state index is 0.275. The normalized spacial score (nSPS) is 22.2. The highest BCUT2D eigenvalue weighted by molar-refractivity contribution is 8.00. The summed E-state index contributed by atoms with van der Waals surface area (Å²) in [6.45, 7) is 6.27. The van der Waals surface area contributed by atoms with E-state index < -0.39 is 0 Å². The zero-order chi connectivity index (χ0) is 18.0. The second-order valence-corrected chi connectivity index (χ2v) is 8.08. The van der Waals surface area contributed by atoms with Crippen molar-refractivity contribution in [1.29, 1.82) is 0 Å². The molecule has 25 heavy (non-hydrogen) atoms. The number of methoxy groups -OCH3 is 1. The Morgan fingerprint density at radius 2 is 2.00 bits per heavy atom. The fourth-order valence-electron chi connectivity index (χ4n) is 3.46. The van der Waals surface area contributed by atoms with Gasteiger partial charge in [-0.15, -0.1) is 0 Å². The molecule has 0 spiro atoms. The van der Waals surface area contributed by atoms with E-state index in [1.165, 1.54) is 0 Å². The maximum absolute atomic E-state index is 5.95. The fourth-order valence-corrected chi connectivity index (χ4v) is 4.25. The Morgan fingerprint density at radius 1 is 1.28 bits per heavy atom. The highest BCUT2D eigenvalue weighted by Crippen LogP contribution is 2.33. The largest absolute Gasteiger partial charge is 0.385 e. The molecular formula is C18H35N3O3S. The van der Waals surface area contributed by atoms with Crippen molar-refractivity contribution in [3.05, 3.63) is 0 Å². The lowest BCUT2D eigenvalue weighted by Crippen LogP contribution is -2.51. The smallest absolute Gasteiger partial charge is 0.193 e. The van der Waals surface area contributed by atoms with Crippen LogP contribution in [0.4, 0.5) is 0 Å². The van der Waals surface area contributed by atoms with Gasteiger partial charge in [0.2, 0.25) is 0 Å². The number of likely N-dealkylation sites (tertiary alicyclic amines) is 1. The minimum Gasteiger partial charge on any atom is -0.385 e. The number of nitrogens with zero attached hydrogens (tertiary/aromatic N) is 2. The van der Waals surface area contributed by atoms with E-state index in [9.17, 15) is 0 Å². The van der Waals surface area contributed by atoms with Gasteiger partial charge in [-0.05, 0) is 38.4 Å². The van der Waals surface area contributed by atoms with Crippen molar-refractivity contribution >= 4 is 17.7 Å². The van der Waals surface area contributed by atoms with Crippen LogP contribution in [0.25, 0.3) is 0 Å². The SMILES string of the molecule is CN=C(NCC1(SC)CCOCC1)N1CCC(OCCCOC)CC1. The summed E-state index contributed by atoms with van der Waals surface area (Å²) in [6.07, 6.45) is 7.90. The number of rotatable bonds is 8. The molecule has 0 aromatic heterocycles. The van der Waals surface area contributed by atoms with Crippen LogP contribution >= 0.6 is 11.8 Å². The van der Waals surface area contributed by atoms with E-state index in [1.54, 1.807) is 7.11 Å². The Bertz CT molecular complexity index is 395. The van der Waals surface area contributed by atoms with Gasteiger partial charge in [-0.25, -0.2) is 0 Å². The van der Waals surface area contributed by atoms with E-state index in [1.807, 2.05) is 18.8 Å². The van der Waals surface area contributed by atoms with Gasteiger partial charge in [-0.2, -0.15) is 11.8 Å². The molecule has 0 bridgehead atoms. The van der Waals surface area contributed by atoms with Gasteiger partial charge in [0.25, 0.3) is 0 Å². The van der Waals surface area contributed by atoms with Crippen LogP contribution in [-0.2, 0) is 14.2 Å². The summed E-state index contributed by atoms with van der Waals surface area (Å²) >= 11 is 1.96. The number of piperidine rings is 1. The molecule has 0 amide bonds. The molecular weight excluding hydrogens is 338 g/mol. The first-order valence-electron chi connectivity index (χ1n) is 9.42. The second-order valence-electron chi connectivity index (χ2n) is 6.80. The molecule has 7 heteroatoms. The van der Waals surface area contributed by atoms with Gasteiger partial charge in [-0.1, -0.05) is 0 Å². The molecule has 6 nitrogen and oxygen atoms in total. The van der Waals surface area contributed by atoms with Crippen LogP contribution in [-0.4, -0.2) is 88.2 Å². The van der Waals surface area contributed by atoms with Gasteiger partial charge in [0, 0.05) is 65.0 Å². The molecule has 146 valence electrons. The molecule has 0 radical (unpaired) electrons. The number of thioether (sulfide) groups is 1. The van der Waals surface area contributed by atoms with Crippen LogP contribution in [0.3, 0.4) is 0 Å². The number of nitrogens with one attached hydrogen (secondary N) is 1. The van der Waals surface area contributed by atoms with Crippen LogP contribution in [0.15, 0.2) is 4.99 Å². The molecule has 0 aromatic carbocycles. The van der Waals surface area contributed by atoms with Crippen LogP contribution in [0.5, 0.6) is 0 Å². The van der Waals surface area contributed by atoms with Crippen LogP contribution in [0.1, 0.15) is 32.1 Å². The Morgan fingerprint density at radius 3 is 2.60 bits per heavy atom. The highest BCUT2D eigenvalue weighted by Gasteiger charge is 2.32. The molecule has 1 N–H and O–H groups in total. The van der Waals surface area contributed by atoms with E-state index in [0.29, 0.717) is 6.10 Å². The highest BCUT2D eigenvalue weighted by atomic mass is 32.2. The van der Waals surface area contributed by atoms with Gasteiger partial charge >= 0.3 is 0 Å². The monoisotopic (exact) mass is 373 g/mol. The molecule has 0 aromatic rings. The number of hydrogen-bond donors (Lipinski definition) is 1. The lowest BCUT2D eigenvalue weighted by atomic mass is 9.99. The minimum atomic E-state index is 0.275. The summed E-state index contributed by atoms with van der Waals surface area (Å²) < 4.78 is 16.8. The van der Waals surface area contributed by atoms with Crippen molar-refractivity contribution in [3.8, 4) is 0 Å². The molecule has 2 saturated heterocycles. The van der Waals surface area contributed by atoms with E-state index in [2.05, 4.69) is 21.5 Å². The molecule has 2 aliphatic heterocycles. The van der Waals surface area contributed by atoms with E-state index in [-0.39, 0.29) is 4.75 Å². The van der Waals surface area contributed by atoms with E-state index in [4.69, 9.17) is 14.2 Å². The van der Waals surface area contributed by atoms with E-state index in [0.717, 1.165) is 84.1 Å². The topological polar surface area (TPSA) is 55.3 Å². The second kappa shape index (κ2) is 11.3. The molecule has 2 rings (SSSR count). The van der Waals surface area contributed by atoms with Crippen molar-refractivity contribution in [3.63, 3.8) is 0 Å². The first-order valence-corrected chi connectivity index (χ1v) is 10.6.